The number of methoxy groups -OCH3 is 1. The molecule has 3 N–H and O–H groups in total. The zero-order valence-electron chi connectivity index (χ0n) is 10.9. The Kier molecular flexibility index (Phi) is 3.61. The van der Waals surface area contributed by atoms with Gasteiger partial charge in [-0.15, -0.1) is 0 Å². The molecular formula is C13H14BrN3O2. The van der Waals surface area contributed by atoms with Crippen molar-refractivity contribution in [2.45, 2.75) is 13.8 Å². The summed E-state index contributed by atoms with van der Waals surface area (Å²) in [4.78, 5) is 8.66. The molecule has 1 aromatic carbocycles. The summed E-state index contributed by atoms with van der Waals surface area (Å²) >= 11 is 3.27. The summed E-state index contributed by atoms with van der Waals surface area (Å²) in [7, 11) is 1.49. The number of nitrogens with two attached hydrogens (primary N) is 1. The van der Waals surface area contributed by atoms with Crippen molar-refractivity contribution in [1.29, 1.82) is 0 Å². The maximum absolute atomic E-state index is 9.78. The number of rotatable bonds is 2. The second kappa shape index (κ2) is 5.05. The van der Waals surface area contributed by atoms with Gasteiger partial charge in [0.1, 0.15) is 5.82 Å². The molecule has 0 atom stereocenters. The quantitative estimate of drug-likeness (QED) is 0.888. The summed E-state index contributed by atoms with van der Waals surface area (Å²) in [6.07, 6.45) is 0. The molecule has 5 nitrogen and oxygen atoms in total. The number of halogens is 1. The Balaban J connectivity index is 2.62. The first kappa shape index (κ1) is 13.6. The SMILES string of the molecule is COc1cc(-c2nc(C)c(C)c(N)n2)cc(Br)c1O. The molecular weight excluding hydrogens is 310 g/mol. The van der Waals surface area contributed by atoms with Gasteiger partial charge < -0.3 is 15.6 Å². The fourth-order valence-corrected chi connectivity index (χ4v) is 2.08. The van der Waals surface area contributed by atoms with Crippen LogP contribution in [0.1, 0.15) is 11.3 Å². The van der Waals surface area contributed by atoms with Crippen LogP contribution in [0, 0.1) is 13.8 Å². The van der Waals surface area contributed by atoms with E-state index in [0.717, 1.165) is 16.8 Å². The van der Waals surface area contributed by atoms with Gasteiger partial charge in [0.15, 0.2) is 17.3 Å². The zero-order chi connectivity index (χ0) is 14.2. The van der Waals surface area contributed by atoms with E-state index in [4.69, 9.17) is 10.5 Å². The molecule has 1 heterocycles. The molecule has 2 rings (SSSR count). The summed E-state index contributed by atoms with van der Waals surface area (Å²) in [6.45, 7) is 3.76. The minimum atomic E-state index is 0.0445. The first-order valence-corrected chi connectivity index (χ1v) is 6.41. The Bertz CT molecular complexity index is 621. The van der Waals surface area contributed by atoms with Crippen LogP contribution in [0.4, 0.5) is 5.82 Å². The van der Waals surface area contributed by atoms with Crippen molar-refractivity contribution in [3.63, 3.8) is 0 Å². The average Bonchev–Trinajstić information content (AvgIpc) is 2.38. The van der Waals surface area contributed by atoms with Gasteiger partial charge >= 0.3 is 0 Å². The molecule has 0 unspecified atom stereocenters. The van der Waals surface area contributed by atoms with Crippen LogP contribution in [0.25, 0.3) is 11.4 Å². The number of aromatic nitrogens is 2. The van der Waals surface area contributed by atoms with Crippen molar-refractivity contribution in [3.05, 3.63) is 27.9 Å². The maximum Gasteiger partial charge on any atom is 0.172 e. The monoisotopic (exact) mass is 323 g/mol. The average molecular weight is 324 g/mol. The van der Waals surface area contributed by atoms with E-state index in [1.54, 1.807) is 12.1 Å². The van der Waals surface area contributed by atoms with Gasteiger partial charge in [-0.2, -0.15) is 0 Å². The van der Waals surface area contributed by atoms with Gasteiger partial charge in [-0.25, -0.2) is 9.97 Å². The third-order valence-electron chi connectivity index (χ3n) is 2.93. The smallest absolute Gasteiger partial charge is 0.172 e. The van der Waals surface area contributed by atoms with Crippen molar-refractivity contribution < 1.29 is 9.84 Å². The Morgan fingerprint density at radius 2 is 1.95 bits per heavy atom. The van der Waals surface area contributed by atoms with E-state index in [2.05, 4.69) is 25.9 Å². The molecule has 0 fully saturated rings. The maximum atomic E-state index is 9.78. The highest BCUT2D eigenvalue weighted by atomic mass is 79.9. The van der Waals surface area contributed by atoms with Crippen molar-refractivity contribution in [2.24, 2.45) is 0 Å². The summed E-state index contributed by atoms with van der Waals surface area (Å²) in [6, 6.07) is 3.39. The minimum absolute atomic E-state index is 0.0445. The largest absolute Gasteiger partial charge is 0.503 e. The molecule has 0 saturated heterocycles. The third-order valence-corrected chi connectivity index (χ3v) is 3.54. The van der Waals surface area contributed by atoms with Crippen molar-refractivity contribution in [2.75, 3.05) is 12.8 Å². The number of aromatic hydroxyl groups is 1. The van der Waals surface area contributed by atoms with Crippen molar-refractivity contribution in [3.8, 4) is 22.9 Å². The highest BCUT2D eigenvalue weighted by molar-refractivity contribution is 9.10. The topological polar surface area (TPSA) is 81.3 Å². The molecule has 0 aliphatic carbocycles. The van der Waals surface area contributed by atoms with Crippen LogP contribution in [-0.2, 0) is 0 Å². The normalized spacial score (nSPS) is 10.5. The molecule has 1 aromatic heterocycles. The minimum Gasteiger partial charge on any atom is -0.503 e. The first-order valence-electron chi connectivity index (χ1n) is 5.61. The highest BCUT2D eigenvalue weighted by Crippen LogP contribution is 2.38. The predicted octanol–water partition coefficient (Wildman–Crippen LogP) is 2.82. The summed E-state index contributed by atoms with van der Waals surface area (Å²) in [5.41, 5.74) is 8.27. The van der Waals surface area contributed by atoms with Gasteiger partial charge in [0.25, 0.3) is 0 Å². The molecule has 2 aromatic rings. The summed E-state index contributed by atoms with van der Waals surface area (Å²) in [5.74, 6) is 1.35. The van der Waals surface area contributed by atoms with E-state index >= 15 is 0 Å². The van der Waals surface area contributed by atoms with Crippen LogP contribution in [0.3, 0.4) is 0 Å². The molecule has 0 spiro atoms. The van der Waals surface area contributed by atoms with Crippen molar-refractivity contribution in [1.82, 2.24) is 9.97 Å². The van der Waals surface area contributed by atoms with E-state index in [1.807, 2.05) is 13.8 Å². The number of ether oxygens (including phenoxy) is 1. The van der Waals surface area contributed by atoms with Crippen LogP contribution in [-0.4, -0.2) is 22.2 Å². The molecule has 19 heavy (non-hydrogen) atoms. The second-order valence-corrected chi connectivity index (χ2v) is 5.01. The molecule has 6 heteroatoms. The van der Waals surface area contributed by atoms with Crippen LogP contribution >= 0.6 is 15.9 Å². The van der Waals surface area contributed by atoms with Crippen LogP contribution in [0.2, 0.25) is 0 Å². The third kappa shape index (κ3) is 2.49. The molecule has 100 valence electrons. The van der Waals surface area contributed by atoms with Crippen LogP contribution < -0.4 is 10.5 Å². The fraction of sp³-hybridized carbons (Fsp3) is 0.231. The number of nitrogens with zero attached hydrogens (tertiary/aromatic N) is 2. The number of phenols is 1. The Labute approximate surface area is 119 Å². The number of aryl methyl sites for hydroxylation is 1. The van der Waals surface area contributed by atoms with Gasteiger partial charge in [0.05, 0.1) is 11.6 Å². The van der Waals surface area contributed by atoms with Crippen LogP contribution in [0.15, 0.2) is 16.6 Å². The highest BCUT2D eigenvalue weighted by Gasteiger charge is 2.13. The standard InChI is InChI=1S/C13H14BrN3O2/c1-6-7(2)16-13(17-12(6)15)8-4-9(14)11(18)10(5-8)19-3/h4-5,18H,1-3H3,(H2,15,16,17). The fourth-order valence-electron chi connectivity index (χ4n) is 1.64. The van der Waals surface area contributed by atoms with Gasteiger partial charge in [-0.05, 0) is 41.9 Å². The number of hydrogen-bond acceptors (Lipinski definition) is 5. The van der Waals surface area contributed by atoms with E-state index in [-0.39, 0.29) is 5.75 Å². The summed E-state index contributed by atoms with van der Waals surface area (Å²) < 4.78 is 5.62. The number of nitrogen functional groups attached to an aromatic ring is 1. The van der Waals surface area contributed by atoms with Crippen LogP contribution in [0.5, 0.6) is 11.5 Å². The molecule has 0 bridgehead atoms. The number of phenolic OH excluding ortho intramolecular Hbond substituents is 1. The lowest BCUT2D eigenvalue weighted by Crippen LogP contribution is -2.02. The molecule has 0 aliphatic heterocycles. The molecule has 0 aliphatic rings. The lowest BCUT2D eigenvalue weighted by molar-refractivity contribution is 0.372. The molecule has 0 amide bonds. The Hall–Kier alpha value is -1.82. The molecule has 0 saturated carbocycles. The van der Waals surface area contributed by atoms with Gasteiger partial charge in [0.2, 0.25) is 0 Å². The number of anilines is 1. The Morgan fingerprint density at radius 1 is 1.26 bits per heavy atom. The van der Waals surface area contributed by atoms with E-state index < -0.39 is 0 Å². The number of benzene rings is 1. The van der Waals surface area contributed by atoms with Gasteiger partial charge in [-0.1, -0.05) is 0 Å². The lowest BCUT2D eigenvalue weighted by Gasteiger charge is -2.10. The number of hydrogen-bond donors (Lipinski definition) is 2. The summed E-state index contributed by atoms with van der Waals surface area (Å²) in [5, 5.41) is 9.78. The zero-order valence-corrected chi connectivity index (χ0v) is 12.4. The predicted molar refractivity (Wildman–Crippen MR) is 77.3 cm³/mol. The van der Waals surface area contributed by atoms with E-state index in [0.29, 0.717) is 21.9 Å². The first-order chi connectivity index (χ1) is 8.93. The van der Waals surface area contributed by atoms with Gasteiger partial charge in [0, 0.05) is 16.8 Å². The van der Waals surface area contributed by atoms with E-state index in [1.165, 1.54) is 7.11 Å². The second-order valence-electron chi connectivity index (χ2n) is 4.15. The lowest BCUT2D eigenvalue weighted by atomic mass is 10.1. The van der Waals surface area contributed by atoms with Crippen molar-refractivity contribution >= 4 is 21.7 Å². The molecule has 0 radical (unpaired) electrons. The van der Waals surface area contributed by atoms with E-state index in [9.17, 15) is 5.11 Å². The Morgan fingerprint density at radius 3 is 2.53 bits per heavy atom. The van der Waals surface area contributed by atoms with Gasteiger partial charge in [-0.3, -0.25) is 0 Å².